The summed E-state index contributed by atoms with van der Waals surface area (Å²) < 4.78 is 44.5. The summed E-state index contributed by atoms with van der Waals surface area (Å²) in [6.07, 6.45) is -4.60. The fraction of sp³-hybridized carbons (Fsp3) is 0.211. The van der Waals surface area contributed by atoms with Crippen LogP contribution >= 0.6 is 11.8 Å². The Morgan fingerprint density at radius 1 is 1.14 bits per heavy atom. The van der Waals surface area contributed by atoms with Crippen molar-refractivity contribution in [1.82, 2.24) is 9.88 Å². The average Bonchev–Trinajstić information content (AvgIpc) is 3.08. The minimum Gasteiger partial charge on any atom is -0.431 e. The zero-order chi connectivity index (χ0) is 21.0. The second kappa shape index (κ2) is 8.56. The highest BCUT2D eigenvalue weighted by Crippen LogP contribution is 2.34. The summed E-state index contributed by atoms with van der Waals surface area (Å²) in [5.74, 6) is -1.16. The van der Waals surface area contributed by atoms with Gasteiger partial charge in [-0.2, -0.15) is 13.2 Å². The molecule has 0 saturated carbocycles. The van der Waals surface area contributed by atoms with Crippen LogP contribution in [0.15, 0.2) is 58.2 Å². The molecule has 3 aromatic rings. The molecule has 2 aromatic carbocycles. The molecule has 1 heterocycles. The van der Waals surface area contributed by atoms with Crippen molar-refractivity contribution in [3.63, 3.8) is 0 Å². The van der Waals surface area contributed by atoms with Crippen molar-refractivity contribution in [2.45, 2.75) is 11.4 Å². The van der Waals surface area contributed by atoms with E-state index in [1.54, 1.807) is 18.2 Å². The van der Waals surface area contributed by atoms with Gasteiger partial charge in [-0.05, 0) is 24.3 Å². The number of rotatable bonds is 6. The second-order valence-corrected chi connectivity index (χ2v) is 7.00. The number of likely N-dealkylation sites (N-methyl/N-ethyl adjacent to an activating group) is 1. The molecule has 0 unspecified atom stereocenters. The molecule has 0 atom stereocenters. The van der Waals surface area contributed by atoms with E-state index in [9.17, 15) is 22.8 Å². The largest absolute Gasteiger partial charge is 0.431 e. The van der Waals surface area contributed by atoms with E-state index in [0.29, 0.717) is 16.3 Å². The van der Waals surface area contributed by atoms with Gasteiger partial charge in [0.05, 0.1) is 23.5 Å². The molecule has 0 radical (unpaired) electrons. The standard InChI is InChI=1S/C19H16F3N3O3S/c1-25(10-16(26)23-13-7-3-2-6-12(13)19(20,21)22)17(27)11-29-18-24-14-8-4-5-9-15(14)28-18/h2-9H,10-11H2,1H3,(H,23,26). The minimum absolute atomic E-state index is 0.0320. The zero-order valence-electron chi connectivity index (χ0n) is 15.2. The van der Waals surface area contributed by atoms with Gasteiger partial charge in [-0.25, -0.2) is 4.98 Å². The monoisotopic (exact) mass is 423 g/mol. The number of nitrogens with one attached hydrogen (secondary N) is 1. The third kappa shape index (κ3) is 5.29. The van der Waals surface area contributed by atoms with E-state index in [-0.39, 0.29) is 18.0 Å². The Labute approximate surface area is 168 Å². The van der Waals surface area contributed by atoms with Crippen LogP contribution in [0.1, 0.15) is 5.56 Å². The molecule has 0 spiro atoms. The van der Waals surface area contributed by atoms with Gasteiger partial charge in [0.25, 0.3) is 5.22 Å². The first kappa shape index (κ1) is 20.7. The van der Waals surface area contributed by atoms with E-state index in [2.05, 4.69) is 10.3 Å². The summed E-state index contributed by atoms with van der Waals surface area (Å²) in [6.45, 7) is -0.390. The first-order chi connectivity index (χ1) is 13.7. The molecular weight excluding hydrogens is 407 g/mol. The zero-order valence-corrected chi connectivity index (χ0v) is 16.0. The van der Waals surface area contributed by atoms with Crippen molar-refractivity contribution < 1.29 is 27.2 Å². The lowest BCUT2D eigenvalue weighted by atomic mass is 10.1. The van der Waals surface area contributed by atoms with Crippen LogP contribution in [0.25, 0.3) is 11.1 Å². The Morgan fingerprint density at radius 3 is 2.55 bits per heavy atom. The number of fused-ring (bicyclic) bond motifs is 1. The molecule has 6 nitrogen and oxygen atoms in total. The Kier molecular flexibility index (Phi) is 6.12. The molecule has 0 aliphatic rings. The second-order valence-electron chi connectivity index (χ2n) is 6.08. The van der Waals surface area contributed by atoms with Gasteiger partial charge in [-0.15, -0.1) is 0 Å². The first-order valence-corrected chi connectivity index (χ1v) is 9.41. The molecule has 2 amide bonds. The van der Waals surface area contributed by atoms with E-state index in [0.717, 1.165) is 28.8 Å². The predicted octanol–water partition coefficient (Wildman–Crippen LogP) is 4.04. The number of para-hydroxylation sites is 3. The number of alkyl halides is 3. The van der Waals surface area contributed by atoms with E-state index in [4.69, 9.17) is 4.42 Å². The fourth-order valence-corrected chi connectivity index (χ4v) is 3.26. The van der Waals surface area contributed by atoms with Gasteiger partial charge in [0.1, 0.15) is 5.52 Å². The van der Waals surface area contributed by atoms with Crippen molar-refractivity contribution in [2.75, 3.05) is 24.7 Å². The minimum atomic E-state index is -4.60. The lowest BCUT2D eigenvalue weighted by Gasteiger charge is -2.18. The Hall–Kier alpha value is -3.01. The van der Waals surface area contributed by atoms with E-state index < -0.39 is 23.6 Å². The lowest BCUT2D eigenvalue weighted by molar-refractivity contribution is -0.137. The molecule has 1 aromatic heterocycles. The number of thioether (sulfide) groups is 1. The molecule has 0 fully saturated rings. The highest BCUT2D eigenvalue weighted by Gasteiger charge is 2.33. The molecule has 0 aliphatic carbocycles. The highest BCUT2D eigenvalue weighted by atomic mass is 32.2. The maximum Gasteiger partial charge on any atom is 0.418 e. The van der Waals surface area contributed by atoms with Gasteiger partial charge in [0.15, 0.2) is 5.58 Å². The van der Waals surface area contributed by atoms with Crippen molar-refractivity contribution in [3.8, 4) is 0 Å². The number of nitrogens with zero attached hydrogens (tertiary/aromatic N) is 2. The fourth-order valence-electron chi connectivity index (χ4n) is 2.48. The van der Waals surface area contributed by atoms with Crippen LogP contribution in [0.5, 0.6) is 0 Å². The number of anilines is 1. The third-order valence-electron chi connectivity index (χ3n) is 3.91. The van der Waals surface area contributed by atoms with Crippen LogP contribution in [0.3, 0.4) is 0 Å². The molecule has 0 bridgehead atoms. The van der Waals surface area contributed by atoms with Gasteiger partial charge in [-0.1, -0.05) is 36.0 Å². The molecule has 152 valence electrons. The van der Waals surface area contributed by atoms with Gasteiger partial charge in [-0.3, -0.25) is 9.59 Å². The summed E-state index contributed by atoms with van der Waals surface area (Å²) in [7, 11) is 1.39. The maximum absolute atomic E-state index is 13.0. The van der Waals surface area contributed by atoms with Crippen LogP contribution in [0.4, 0.5) is 18.9 Å². The molecule has 29 heavy (non-hydrogen) atoms. The van der Waals surface area contributed by atoms with Crippen molar-refractivity contribution in [2.24, 2.45) is 0 Å². The van der Waals surface area contributed by atoms with Crippen LogP contribution in [-0.4, -0.2) is 41.0 Å². The van der Waals surface area contributed by atoms with Crippen LogP contribution in [0.2, 0.25) is 0 Å². The van der Waals surface area contributed by atoms with E-state index in [1.165, 1.54) is 19.2 Å². The number of oxazole rings is 1. The van der Waals surface area contributed by atoms with Gasteiger partial charge < -0.3 is 14.6 Å². The number of carbonyl (C=O) groups is 2. The third-order valence-corrected chi connectivity index (χ3v) is 4.72. The summed E-state index contributed by atoms with van der Waals surface area (Å²) >= 11 is 1.07. The first-order valence-electron chi connectivity index (χ1n) is 8.42. The van der Waals surface area contributed by atoms with Gasteiger partial charge >= 0.3 is 6.18 Å². The summed E-state index contributed by atoms with van der Waals surface area (Å²) in [6, 6.07) is 11.8. The molecule has 3 rings (SSSR count). The van der Waals surface area contributed by atoms with Gasteiger partial charge in [0, 0.05) is 7.05 Å². The number of hydrogen-bond donors (Lipinski definition) is 1. The summed E-state index contributed by atoms with van der Waals surface area (Å²) in [5.41, 5.74) is -0.0439. The number of carbonyl (C=O) groups excluding carboxylic acids is 2. The number of benzene rings is 2. The molecule has 1 N–H and O–H groups in total. The lowest BCUT2D eigenvalue weighted by Crippen LogP contribution is -2.36. The van der Waals surface area contributed by atoms with Crippen LogP contribution < -0.4 is 5.32 Å². The topological polar surface area (TPSA) is 75.4 Å². The number of halogens is 3. The van der Waals surface area contributed by atoms with E-state index in [1.807, 2.05) is 6.07 Å². The highest BCUT2D eigenvalue weighted by molar-refractivity contribution is 7.99. The van der Waals surface area contributed by atoms with Crippen LogP contribution in [-0.2, 0) is 15.8 Å². The number of aromatic nitrogens is 1. The van der Waals surface area contributed by atoms with Crippen LogP contribution in [0, 0.1) is 0 Å². The molecule has 0 aliphatic heterocycles. The van der Waals surface area contributed by atoms with E-state index >= 15 is 0 Å². The maximum atomic E-state index is 13.0. The average molecular weight is 423 g/mol. The van der Waals surface area contributed by atoms with Crippen molar-refractivity contribution in [1.29, 1.82) is 0 Å². The molecule has 10 heteroatoms. The normalized spacial score (nSPS) is 11.4. The SMILES string of the molecule is CN(CC(=O)Nc1ccccc1C(F)(F)F)C(=O)CSc1nc2ccccc2o1. The Balaban J connectivity index is 1.55. The van der Waals surface area contributed by atoms with Crippen molar-refractivity contribution in [3.05, 3.63) is 54.1 Å². The predicted molar refractivity (Wildman–Crippen MR) is 102 cm³/mol. The van der Waals surface area contributed by atoms with Crippen molar-refractivity contribution >= 4 is 40.4 Å². The Bertz CT molecular complexity index is 1000. The quantitative estimate of drug-likeness (QED) is 0.606. The molecule has 0 saturated heterocycles. The Morgan fingerprint density at radius 2 is 1.83 bits per heavy atom. The smallest absolute Gasteiger partial charge is 0.418 e. The summed E-state index contributed by atoms with van der Waals surface area (Å²) in [5, 5.41) is 2.52. The number of amides is 2. The summed E-state index contributed by atoms with van der Waals surface area (Å²) in [4.78, 5) is 29.7. The number of hydrogen-bond acceptors (Lipinski definition) is 5. The van der Waals surface area contributed by atoms with Gasteiger partial charge in [0.2, 0.25) is 11.8 Å². The molecular formula is C19H16F3N3O3S.